The molecule has 1 aliphatic carbocycles. The lowest BCUT2D eigenvalue weighted by atomic mass is 9.85. The number of rotatable bonds is 9. The Balaban J connectivity index is 2.80. The maximum absolute atomic E-state index is 6.18. The smallest absolute Gasteiger partial charge is 0.0334 e. The third-order valence-corrected chi connectivity index (χ3v) is 3.97. The van der Waals surface area contributed by atoms with Crippen LogP contribution in [0.2, 0.25) is 0 Å². The number of nitrogens with two attached hydrogens (primary N) is 1. The summed E-state index contributed by atoms with van der Waals surface area (Å²) in [7, 11) is 0. The first-order chi connectivity index (χ1) is 8.09. The molecule has 0 aromatic carbocycles. The monoisotopic (exact) mass is 240 g/mol. The second kappa shape index (κ2) is 6.75. The van der Waals surface area contributed by atoms with Gasteiger partial charge in [-0.15, -0.1) is 0 Å². The zero-order chi connectivity index (χ0) is 12.9. The largest absolute Gasteiger partial charge is 0.329 e. The van der Waals surface area contributed by atoms with Crippen LogP contribution in [0, 0.1) is 5.92 Å². The minimum absolute atomic E-state index is 0.287. The van der Waals surface area contributed by atoms with Crippen molar-refractivity contribution in [3.63, 3.8) is 0 Å². The summed E-state index contributed by atoms with van der Waals surface area (Å²) >= 11 is 0. The van der Waals surface area contributed by atoms with Gasteiger partial charge in [0.05, 0.1) is 0 Å². The van der Waals surface area contributed by atoms with Gasteiger partial charge in [-0.2, -0.15) is 0 Å². The number of nitrogens with zero attached hydrogens (tertiary/aromatic N) is 1. The molecule has 2 N–H and O–H groups in total. The third-order valence-electron chi connectivity index (χ3n) is 3.97. The molecule has 0 saturated heterocycles. The van der Waals surface area contributed by atoms with Crippen LogP contribution in [0.1, 0.15) is 66.2 Å². The lowest BCUT2D eigenvalue weighted by molar-refractivity contribution is 0.0542. The summed E-state index contributed by atoms with van der Waals surface area (Å²) in [5.41, 5.74) is 6.47. The van der Waals surface area contributed by atoms with Crippen molar-refractivity contribution in [2.24, 2.45) is 11.7 Å². The molecule has 0 bridgehead atoms. The molecular weight excluding hydrogens is 208 g/mol. The maximum atomic E-state index is 6.18. The van der Waals surface area contributed by atoms with E-state index in [0.29, 0.717) is 0 Å². The van der Waals surface area contributed by atoms with E-state index in [0.717, 1.165) is 18.5 Å². The molecule has 0 aromatic heterocycles. The van der Waals surface area contributed by atoms with Gasteiger partial charge >= 0.3 is 0 Å². The van der Waals surface area contributed by atoms with Crippen molar-refractivity contribution >= 4 is 0 Å². The standard InChI is InChI=1S/C15H32N2/c1-5-9-15(12-16,10-6-2)17(11-13(3)4)14-7-8-14/h13-14H,5-12,16H2,1-4H3. The maximum Gasteiger partial charge on any atom is 0.0334 e. The topological polar surface area (TPSA) is 29.3 Å². The Kier molecular flexibility index (Phi) is 5.94. The van der Waals surface area contributed by atoms with Crippen molar-refractivity contribution in [3.05, 3.63) is 0 Å². The molecule has 2 heteroatoms. The third kappa shape index (κ3) is 3.96. The van der Waals surface area contributed by atoms with Crippen LogP contribution in [-0.2, 0) is 0 Å². The molecule has 0 spiro atoms. The van der Waals surface area contributed by atoms with Crippen molar-refractivity contribution in [3.8, 4) is 0 Å². The van der Waals surface area contributed by atoms with E-state index in [1.165, 1.54) is 45.1 Å². The minimum Gasteiger partial charge on any atom is -0.329 e. The average molecular weight is 240 g/mol. The fraction of sp³-hybridized carbons (Fsp3) is 1.00. The van der Waals surface area contributed by atoms with Crippen molar-refractivity contribution in [2.75, 3.05) is 13.1 Å². The van der Waals surface area contributed by atoms with Crippen LogP contribution < -0.4 is 5.73 Å². The molecule has 0 aliphatic heterocycles. The Morgan fingerprint density at radius 3 is 2.00 bits per heavy atom. The van der Waals surface area contributed by atoms with E-state index >= 15 is 0 Å². The predicted octanol–water partition coefficient (Wildman–Crippen LogP) is 3.40. The highest BCUT2D eigenvalue weighted by Gasteiger charge is 2.42. The van der Waals surface area contributed by atoms with Crippen molar-refractivity contribution < 1.29 is 0 Å². The van der Waals surface area contributed by atoms with Gasteiger partial charge in [-0.05, 0) is 31.6 Å². The summed E-state index contributed by atoms with van der Waals surface area (Å²) in [6, 6.07) is 0.832. The highest BCUT2D eigenvalue weighted by Crippen LogP contribution is 2.37. The quantitative estimate of drug-likeness (QED) is 0.669. The Labute approximate surface area is 108 Å². The average Bonchev–Trinajstić information content (AvgIpc) is 3.09. The van der Waals surface area contributed by atoms with E-state index in [1.54, 1.807) is 0 Å². The summed E-state index contributed by atoms with van der Waals surface area (Å²) in [4.78, 5) is 2.77. The molecule has 1 rings (SSSR count). The summed E-state index contributed by atoms with van der Waals surface area (Å²) in [6.45, 7) is 11.3. The van der Waals surface area contributed by atoms with Crippen LogP contribution in [0.3, 0.4) is 0 Å². The molecule has 1 fully saturated rings. The summed E-state index contributed by atoms with van der Waals surface area (Å²) < 4.78 is 0. The van der Waals surface area contributed by atoms with Gasteiger partial charge in [-0.25, -0.2) is 0 Å². The zero-order valence-electron chi connectivity index (χ0n) is 12.3. The first kappa shape index (κ1) is 15.0. The van der Waals surface area contributed by atoms with Crippen molar-refractivity contribution in [2.45, 2.75) is 77.8 Å². The van der Waals surface area contributed by atoms with Crippen LogP contribution >= 0.6 is 0 Å². The number of hydrogen-bond acceptors (Lipinski definition) is 2. The van der Waals surface area contributed by atoms with Crippen LogP contribution in [0.5, 0.6) is 0 Å². The van der Waals surface area contributed by atoms with Crippen LogP contribution in [-0.4, -0.2) is 29.6 Å². The Morgan fingerprint density at radius 1 is 1.18 bits per heavy atom. The lowest BCUT2D eigenvalue weighted by Crippen LogP contribution is -2.56. The molecule has 1 aliphatic rings. The van der Waals surface area contributed by atoms with E-state index < -0.39 is 0 Å². The minimum atomic E-state index is 0.287. The summed E-state index contributed by atoms with van der Waals surface area (Å²) in [6.07, 6.45) is 7.81. The van der Waals surface area contributed by atoms with Gasteiger partial charge in [0, 0.05) is 24.7 Å². The first-order valence-electron chi connectivity index (χ1n) is 7.56. The molecule has 0 amide bonds. The number of hydrogen-bond donors (Lipinski definition) is 1. The highest BCUT2D eigenvalue weighted by atomic mass is 15.3. The molecule has 0 radical (unpaired) electrons. The molecule has 102 valence electrons. The van der Waals surface area contributed by atoms with Crippen molar-refractivity contribution in [1.29, 1.82) is 0 Å². The summed E-state index contributed by atoms with van der Waals surface area (Å²) in [5, 5.41) is 0. The molecule has 0 aromatic rings. The molecular formula is C15H32N2. The second-order valence-corrected chi connectivity index (χ2v) is 6.21. The van der Waals surface area contributed by atoms with Gasteiger partial charge in [0.1, 0.15) is 0 Å². The molecule has 17 heavy (non-hydrogen) atoms. The van der Waals surface area contributed by atoms with Gasteiger partial charge in [0.2, 0.25) is 0 Å². The molecule has 2 nitrogen and oxygen atoms in total. The second-order valence-electron chi connectivity index (χ2n) is 6.21. The van der Waals surface area contributed by atoms with E-state index in [-0.39, 0.29) is 5.54 Å². The van der Waals surface area contributed by atoms with Crippen LogP contribution in [0.25, 0.3) is 0 Å². The fourth-order valence-electron chi connectivity index (χ4n) is 3.17. The predicted molar refractivity (Wildman–Crippen MR) is 76.2 cm³/mol. The van der Waals surface area contributed by atoms with Crippen molar-refractivity contribution in [1.82, 2.24) is 4.90 Å². The zero-order valence-corrected chi connectivity index (χ0v) is 12.3. The Hall–Kier alpha value is -0.0800. The SMILES string of the molecule is CCCC(CN)(CCC)N(CC(C)C)C1CC1. The van der Waals surface area contributed by atoms with Crippen LogP contribution in [0.15, 0.2) is 0 Å². The Bertz CT molecular complexity index is 203. The normalized spacial score (nSPS) is 17.1. The van der Waals surface area contributed by atoms with Gasteiger partial charge in [-0.1, -0.05) is 40.5 Å². The van der Waals surface area contributed by atoms with E-state index in [1.807, 2.05) is 0 Å². The highest BCUT2D eigenvalue weighted by molar-refractivity contribution is 4.99. The fourth-order valence-corrected chi connectivity index (χ4v) is 3.17. The first-order valence-corrected chi connectivity index (χ1v) is 7.56. The molecule has 0 atom stereocenters. The molecule has 0 heterocycles. The van der Waals surface area contributed by atoms with E-state index in [9.17, 15) is 0 Å². The molecule has 1 saturated carbocycles. The van der Waals surface area contributed by atoms with E-state index in [4.69, 9.17) is 5.73 Å². The van der Waals surface area contributed by atoms with Gasteiger partial charge in [0.15, 0.2) is 0 Å². The lowest BCUT2D eigenvalue weighted by Gasteiger charge is -2.45. The summed E-state index contributed by atoms with van der Waals surface area (Å²) in [5.74, 6) is 0.746. The Morgan fingerprint density at radius 2 is 1.71 bits per heavy atom. The van der Waals surface area contributed by atoms with Gasteiger partial charge in [-0.3, -0.25) is 4.90 Å². The van der Waals surface area contributed by atoms with Crippen LogP contribution in [0.4, 0.5) is 0 Å². The van der Waals surface area contributed by atoms with Gasteiger partial charge in [0.25, 0.3) is 0 Å². The molecule has 0 unspecified atom stereocenters. The van der Waals surface area contributed by atoms with Gasteiger partial charge < -0.3 is 5.73 Å². The van der Waals surface area contributed by atoms with E-state index in [2.05, 4.69) is 32.6 Å².